The van der Waals surface area contributed by atoms with Crippen molar-refractivity contribution in [1.82, 2.24) is 4.57 Å². The highest BCUT2D eigenvalue weighted by atomic mass is 19.1. The molecule has 12 rings (SSSR count). The molecule has 0 saturated carbocycles. The predicted octanol–water partition coefficient (Wildman–Crippen LogP) is 14.0. The topological polar surface area (TPSA) is 43.0 Å². The summed E-state index contributed by atoms with van der Waals surface area (Å²) in [7, 11) is 0. The van der Waals surface area contributed by atoms with Gasteiger partial charge in [-0.3, -0.25) is 4.90 Å². The standard InChI is InChI=1S/C48H28FN3O3/c49-29-16-18-30(19-17-29)51-38-10-3-1-8-34(38)37-26-31(21-24-39(37)51)50(32-20-23-36-35-9-2-5-12-42(35)53-46(36)27-32)33-22-25-41-47(28-33)55-45-15-7-14-44-48(45)52(41)40-11-4-6-13-43(40)54-44/h1-28H. The molecule has 2 aliphatic rings. The van der Waals surface area contributed by atoms with E-state index >= 15 is 0 Å². The molecule has 10 aromatic rings. The summed E-state index contributed by atoms with van der Waals surface area (Å²) in [6.45, 7) is 0. The molecule has 0 unspecified atom stereocenters. The van der Waals surface area contributed by atoms with E-state index in [9.17, 15) is 4.39 Å². The predicted molar refractivity (Wildman–Crippen MR) is 218 cm³/mol. The van der Waals surface area contributed by atoms with E-state index in [1.807, 2.05) is 72.8 Å². The van der Waals surface area contributed by atoms with Crippen molar-refractivity contribution in [2.24, 2.45) is 0 Å². The number of rotatable bonds is 4. The third kappa shape index (κ3) is 4.41. The van der Waals surface area contributed by atoms with Crippen LogP contribution in [0.1, 0.15) is 0 Å². The average molecular weight is 714 g/mol. The Kier molecular flexibility index (Phi) is 6.13. The van der Waals surface area contributed by atoms with Gasteiger partial charge < -0.3 is 23.4 Å². The minimum atomic E-state index is -0.264. The van der Waals surface area contributed by atoms with Crippen molar-refractivity contribution in [3.63, 3.8) is 0 Å². The molecule has 0 aliphatic carbocycles. The van der Waals surface area contributed by atoms with Crippen LogP contribution in [0.5, 0.6) is 23.0 Å². The van der Waals surface area contributed by atoms with Crippen LogP contribution in [-0.2, 0) is 0 Å². The Bertz CT molecular complexity index is 3200. The van der Waals surface area contributed by atoms with Gasteiger partial charge in [-0.15, -0.1) is 0 Å². The molecule has 0 saturated heterocycles. The molecule has 8 aromatic carbocycles. The molecule has 260 valence electrons. The lowest BCUT2D eigenvalue weighted by Gasteiger charge is -2.38. The molecular formula is C48H28FN3O3. The highest BCUT2D eigenvalue weighted by molar-refractivity contribution is 6.11. The van der Waals surface area contributed by atoms with Gasteiger partial charge in [0, 0.05) is 56.4 Å². The molecular weight excluding hydrogens is 686 g/mol. The van der Waals surface area contributed by atoms with Crippen molar-refractivity contribution in [2.75, 3.05) is 9.80 Å². The maximum Gasteiger partial charge on any atom is 0.155 e. The molecule has 0 spiro atoms. The minimum absolute atomic E-state index is 0.264. The normalized spacial score (nSPS) is 12.7. The Hall–Kier alpha value is -7.51. The third-order valence-corrected chi connectivity index (χ3v) is 10.8. The lowest BCUT2D eigenvalue weighted by molar-refractivity contribution is 0.446. The van der Waals surface area contributed by atoms with E-state index in [-0.39, 0.29) is 5.82 Å². The number of halogens is 1. The third-order valence-electron chi connectivity index (χ3n) is 10.8. The van der Waals surface area contributed by atoms with Gasteiger partial charge in [-0.1, -0.05) is 54.6 Å². The molecule has 2 aromatic heterocycles. The number of nitrogens with zero attached hydrogens (tertiary/aromatic N) is 3. The van der Waals surface area contributed by atoms with Crippen molar-refractivity contribution >= 4 is 77.9 Å². The summed E-state index contributed by atoms with van der Waals surface area (Å²) in [4.78, 5) is 4.48. The number of fused-ring (bicyclic) bond motifs is 10. The summed E-state index contributed by atoms with van der Waals surface area (Å²) < 4.78 is 35.7. The summed E-state index contributed by atoms with van der Waals surface area (Å²) in [6.07, 6.45) is 0. The lowest BCUT2D eigenvalue weighted by Crippen LogP contribution is -2.20. The zero-order valence-corrected chi connectivity index (χ0v) is 29.1. The average Bonchev–Trinajstić information content (AvgIpc) is 3.76. The highest BCUT2D eigenvalue weighted by Gasteiger charge is 2.35. The van der Waals surface area contributed by atoms with Gasteiger partial charge in [0.1, 0.15) is 22.7 Å². The fraction of sp³-hybridized carbons (Fsp3) is 0. The Morgan fingerprint density at radius 3 is 1.96 bits per heavy atom. The highest BCUT2D eigenvalue weighted by Crippen LogP contribution is 2.60. The zero-order valence-electron chi connectivity index (χ0n) is 29.1. The second kappa shape index (κ2) is 11.2. The smallest absolute Gasteiger partial charge is 0.155 e. The monoisotopic (exact) mass is 713 g/mol. The molecule has 0 amide bonds. The minimum Gasteiger partial charge on any atom is -0.456 e. The largest absolute Gasteiger partial charge is 0.456 e. The summed E-state index contributed by atoms with van der Waals surface area (Å²) in [6, 6.07) is 56.5. The van der Waals surface area contributed by atoms with Crippen LogP contribution in [0, 0.1) is 5.82 Å². The fourth-order valence-electron chi connectivity index (χ4n) is 8.40. The fourth-order valence-corrected chi connectivity index (χ4v) is 8.40. The Balaban J connectivity index is 1.07. The Labute approximate surface area is 314 Å². The number of anilines is 6. The Morgan fingerprint density at radius 2 is 1.07 bits per heavy atom. The van der Waals surface area contributed by atoms with Crippen molar-refractivity contribution < 1.29 is 18.3 Å². The molecule has 0 bridgehead atoms. The number of aromatic nitrogens is 1. The summed E-state index contributed by atoms with van der Waals surface area (Å²) in [5.41, 5.74) is 10.2. The number of hydrogen-bond donors (Lipinski definition) is 0. The Morgan fingerprint density at radius 1 is 0.436 bits per heavy atom. The molecule has 0 atom stereocenters. The van der Waals surface area contributed by atoms with Crippen LogP contribution in [-0.4, -0.2) is 4.57 Å². The van der Waals surface area contributed by atoms with Gasteiger partial charge >= 0.3 is 0 Å². The SMILES string of the molecule is Fc1ccc(-n2c3ccccc3c3cc(N(c4ccc5c(c4)Oc4cccc6c4N5c4ccccc4O6)c4ccc5c(c4)oc4ccccc45)ccc32)cc1. The van der Waals surface area contributed by atoms with E-state index < -0.39 is 0 Å². The van der Waals surface area contributed by atoms with E-state index in [0.717, 1.165) is 107 Å². The zero-order chi connectivity index (χ0) is 36.2. The molecule has 55 heavy (non-hydrogen) atoms. The van der Waals surface area contributed by atoms with Crippen LogP contribution in [0.2, 0.25) is 0 Å². The van der Waals surface area contributed by atoms with E-state index in [4.69, 9.17) is 13.9 Å². The van der Waals surface area contributed by atoms with E-state index in [1.165, 1.54) is 12.1 Å². The molecule has 6 nitrogen and oxygen atoms in total. The van der Waals surface area contributed by atoms with Crippen molar-refractivity contribution in [2.45, 2.75) is 0 Å². The van der Waals surface area contributed by atoms with Crippen molar-refractivity contribution in [1.29, 1.82) is 0 Å². The summed E-state index contributed by atoms with van der Waals surface area (Å²) >= 11 is 0. The van der Waals surface area contributed by atoms with Gasteiger partial charge in [0.2, 0.25) is 0 Å². The second-order valence-electron chi connectivity index (χ2n) is 13.9. The first-order valence-electron chi connectivity index (χ1n) is 18.2. The van der Waals surface area contributed by atoms with E-state index in [1.54, 1.807) is 0 Å². The summed E-state index contributed by atoms with van der Waals surface area (Å²) in [5, 5.41) is 4.32. The van der Waals surface area contributed by atoms with Gasteiger partial charge in [-0.2, -0.15) is 0 Å². The van der Waals surface area contributed by atoms with Crippen LogP contribution in [0.25, 0.3) is 49.4 Å². The van der Waals surface area contributed by atoms with Crippen LogP contribution < -0.4 is 19.3 Å². The van der Waals surface area contributed by atoms with Gasteiger partial charge in [-0.25, -0.2) is 4.39 Å². The van der Waals surface area contributed by atoms with Gasteiger partial charge in [0.05, 0.1) is 22.4 Å². The number of hydrogen-bond acceptors (Lipinski definition) is 5. The molecule has 0 radical (unpaired) electrons. The molecule has 4 heterocycles. The first-order chi connectivity index (χ1) is 27.2. The number of para-hydroxylation sites is 5. The molecule has 2 aliphatic heterocycles. The first kappa shape index (κ1) is 30.0. The number of furan rings is 1. The molecule has 0 N–H and O–H groups in total. The second-order valence-corrected chi connectivity index (χ2v) is 13.9. The van der Waals surface area contributed by atoms with Crippen LogP contribution in [0.15, 0.2) is 174 Å². The molecule has 7 heteroatoms. The van der Waals surface area contributed by atoms with Crippen LogP contribution >= 0.6 is 0 Å². The maximum absolute atomic E-state index is 14.0. The van der Waals surface area contributed by atoms with Gasteiger partial charge in [0.25, 0.3) is 0 Å². The van der Waals surface area contributed by atoms with E-state index in [2.05, 4.69) is 99.3 Å². The van der Waals surface area contributed by atoms with Crippen LogP contribution in [0.3, 0.4) is 0 Å². The number of ether oxygens (including phenoxy) is 2. The summed E-state index contributed by atoms with van der Waals surface area (Å²) in [5.74, 6) is 2.72. The van der Waals surface area contributed by atoms with Crippen molar-refractivity contribution in [3.8, 4) is 28.7 Å². The van der Waals surface area contributed by atoms with Gasteiger partial charge in [0.15, 0.2) is 23.0 Å². The first-order valence-corrected chi connectivity index (χ1v) is 18.2. The quantitative estimate of drug-likeness (QED) is 0.182. The van der Waals surface area contributed by atoms with Crippen LogP contribution in [0.4, 0.5) is 38.5 Å². The van der Waals surface area contributed by atoms with Gasteiger partial charge in [-0.05, 0) is 103 Å². The number of benzene rings is 8. The van der Waals surface area contributed by atoms with Crippen molar-refractivity contribution in [3.05, 3.63) is 176 Å². The molecule has 0 fully saturated rings. The lowest BCUT2D eigenvalue weighted by atomic mass is 10.1. The maximum atomic E-state index is 14.0. The van der Waals surface area contributed by atoms with E-state index in [0.29, 0.717) is 0 Å².